The van der Waals surface area contributed by atoms with E-state index in [4.69, 9.17) is 9.47 Å². The van der Waals surface area contributed by atoms with Crippen molar-refractivity contribution in [2.24, 2.45) is 5.92 Å². The highest BCUT2D eigenvalue weighted by Gasteiger charge is 2.28. The molecule has 0 fully saturated rings. The molecule has 48 heavy (non-hydrogen) atoms. The highest BCUT2D eigenvalue weighted by atomic mass is 16.6. The lowest BCUT2D eigenvalue weighted by molar-refractivity contribution is -0.147. The Hall–Kier alpha value is -5.22. The maximum atomic E-state index is 13.6. The summed E-state index contributed by atoms with van der Waals surface area (Å²) in [5.41, 5.74) is 2.60. The van der Waals surface area contributed by atoms with E-state index in [2.05, 4.69) is 23.8 Å². The minimum atomic E-state index is -1.05. The average Bonchev–Trinajstić information content (AvgIpc) is 3.10. The van der Waals surface area contributed by atoms with Gasteiger partial charge in [0.05, 0.1) is 18.6 Å². The summed E-state index contributed by atoms with van der Waals surface area (Å²) in [5.74, 6) is -2.12. The second-order valence-electron chi connectivity index (χ2n) is 11.3. The van der Waals surface area contributed by atoms with Crippen LogP contribution in [0.25, 0.3) is 0 Å². The fourth-order valence-electron chi connectivity index (χ4n) is 4.98. The molecular formula is C38H45N3O7. The van der Waals surface area contributed by atoms with E-state index >= 15 is 0 Å². The Balaban J connectivity index is 1.66. The summed E-state index contributed by atoms with van der Waals surface area (Å²) in [4.78, 5) is 54.1. The van der Waals surface area contributed by atoms with Crippen LogP contribution in [0.3, 0.4) is 0 Å². The molecule has 0 aliphatic carbocycles. The summed E-state index contributed by atoms with van der Waals surface area (Å²) < 4.78 is 10.9. The number of nitrogens with one attached hydrogen (secondary N) is 2. The van der Waals surface area contributed by atoms with Crippen molar-refractivity contribution in [2.75, 3.05) is 19.8 Å². The van der Waals surface area contributed by atoms with Crippen molar-refractivity contribution in [3.63, 3.8) is 0 Å². The van der Waals surface area contributed by atoms with Gasteiger partial charge in [-0.05, 0) is 36.0 Å². The average molecular weight is 656 g/mol. The molecule has 10 heteroatoms. The van der Waals surface area contributed by atoms with Crippen molar-refractivity contribution < 1.29 is 33.8 Å². The SMILES string of the molecule is C=CC[C@H](CC(=O)N(CCO)Cc1ccccc1)C(=O)N[C@@H](COC(=O)[C@@H](CC=C)NC(=O)OCc1ccccc1)Cc1ccccc1. The lowest BCUT2D eigenvalue weighted by atomic mass is 9.98. The number of carbonyl (C=O) groups is 4. The van der Waals surface area contributed by atoms with Crippen LogP contribution in [0.4, 0.5) is 4.79 Å². The number of ether oxygens (including phenoxy) is 2. The molecule has 0 aliphatic heterocycles. The zero-order valence-electron chi connectivity index (χ0n) is 27.2. The number of hydrogen-bond donors (Lipinski definition) is 3. The van der Waals surface area contributed by atoms with Crippen molar-refractivity contribution in [2.45, 2.75) is 50.9 Å². The van der Waals surface area contributed by atoms with Crippen LogP contribution in [0, 0.1) is 5.92 Å². The van der Waals surface area contributed by atoms with Gasteiger partial charge in [-0.3, -0.25) is 9.59 Å². The number of carbonyl (C=O) groups excluding carboxylic acids is 4. The summed E-state index contributed by atoms with van der Waals surface area (Å²) in [5, 5.41) is 15.1. The molecule has 3 N–H and O–H groups in total. The first kappa shape index (κ1) is 37.2. The second-order valence-corrected chi connectivity index (χ2v) is 11.3. The summed E-state index contributed by atoms with van der Waals surface area (Å²) in [6.45, 7) is 7.50. The van der Waals surface area contributed by atoms with E-state index in [1.165, 1.54) is 11.0 Å². The van der Waals surface area contributed by atoms with Crippen LogP contribution in [-0.4, -0.2) is 65.7 Å². The summed E-state index contributed by atoms with van der Waals surface area (Å²) in [7, 11) is 0. The van der Waals surface area contributed by atoms with Crippen molar-refractivity contribution in [1.82, 2.24) is 15.5 Å². The third-order valence-electron chi connectivity index (χ3n) is 7.47. The molecule has 0 bridgehead atoms. The van der Waals surface area contributed by atoms with Crippen LogP contribution >= 0.6 is 0 Å². The number of aliphatic hydroxyl groups is 1. The lowest BCUT2D eigenvalue weighted by Crippen LogP contribution is -2.46. The number of rotatable bonds is 20. The molecule has 3 atom stereocenters. The van der Waals surface area contributed by atoms with Gasteiger partial charge in [0.1, 0.15) is 19.3 Å². The Kier molecular flexibility index (Phi) is 16.1. The summed E-state index contributed by atoms with van der Waals surface area (Å²) in [6, 6.07) is 26.3. The zero-order chi connectivity index (χ0) is 34.6. The van der Waals surface area contributed by atoms with E-state index in [1.807, 2.05) is 91.0 Å². The van der Waals surface area contributed by atoms with Gasteiger partial charge in [-0.15, -0.1) is 13.2 Å². The van der Waals surface area contributed by atoms with Crippen molar-refractivity contribution in [3.05, 3.63) is 133 Å². The van der Waals surface area contributed by atoms with Crippen molar-refractivity contribution >= 4 is 23.9 Å². The molecule has 0 saturated carbocycles. The standard InChI is InChI=1S/C38H45N3O7/c1-3-14-32(25-35(43)41(22-23-42)26-30-18-10-6-11-19-30)36(44)39-33(24-29-16-8-5-9-17-29)28-47-37(45)34(15-4-2)40-38(46)48-27-31-20-12-7-13-21-31/h3-13,16-21,32-34,42H,1-2,14-15,22-28H2,(H,39,44)(H,40,46)/t32-,33-,34-/m1/s1. The van der Waals surface area contributed by atoms with Crippen LogP contribution in [0.2, 0.25) is 0 Å². The van der Waals surface area contributed by atoms with E-state index in [1.54, 1.807) is 6.08 Å². The first-order chi connectivity index (χ1) is 23.3. The van der Waals surface area contributed by atoms with E-state index < -0.39 is 36.0 Å². The number of nitrogens with zero attached hydrogens (tertiary/aromatic N) is 1. The van der Waals surface area contributed by atoms with Gasteiger partial charge < -0.3 is 30.1 Å². The number of benzene rings is 3. The van der Waals surface area contributed by atoms with E-state index in [0.717, 1.165) is 16.7 Å². The molecule has 3 amide bonds. The van der Waals surface area contributed by atoms with E-state index in [-0.39, 0.29) is 51.5 Å². The minimum Gasteiger partial charge on any atom is -0.462 e. The Labute approximate surface area is 282 Å². The van der Waals surface area contributed by atoms with Crippen molar-refractivity contribution in [1.29, 1.82) is 0 Å². The topological polar surface area (TPSA) is 134 Å². The van der Waals surface area contributed by atoms with Gasteiger partial charge in [0.25, 0.3) is 0 Å². The molecule has 0 radical (unpaired) electrons. The number of esters is 1. The molecule has 0 unspecified atom stereocenters. The van der Waals surface area contributed by atoms with Gasteiger partial charge in [0.15, 0.2) is 0 Å². The Bertz CT molecular complexity index is 1450. The first-order valence-electron chi connectivity index (χ1n) is 15.9. The smallest absolute Gasteiger partial charge is 0.408 e. The summed E-state index contributed by atoms with van der Waals surface area (Å²) in [6.07, 6.45) is 2.88. The van der Waals surface area contributed by atoms with Crippen LogP contribution in [0.1, 0.15) is 36.0 Å². The zero-order valence-corrected chi connectivity index (χ0v) is 27.2. The number of allylic oxidation sites excluding steroid dienone is 1. The van der Waals surface area contributed by atoms with Gasteiger partial charge in [0.2, 0.25) is 11.8 Å². The van der Waals surface area contributed by atoms with Crippen LogP contribution in [-0.2, 0) is 43.4 Å². The molecule has 0 heterocycles. The molecule has 10 nitrogen and oxygen atoms in total. The largest absolute Gasteiger partial charge is 0.462 e. The van der Waals surface area contributed by atoms with Gasteiger partial charge in [-0.2, -0.15) is 0 Å². The van der Waals surface area contributed by atoms with Crippen molar-refractivity contribution in [3.8, 4) is 0 Å². The molecule has 3 aromatic rings. The molecule has 3 rings (SSSR count). The quantitative estimate of drug-likeness (QED) is 0.118. The maximum absolute atomic E-state index is 13.6. The number of alkyl carbamates (subject to hydrolysis) is 1. The van der Waals surface area contributed by atoms with Crippen LogP contribution in [0.15, 0.2) is 116 Å². The number of aliphatic hydroxyl groups excluding tert-OH is 1. The Morgan fingerprint density at radius 3 is 1.94 bits per heavy atom. The number of hydrogen-bond acceptors (Lipinski definition) is 7. The van der Waals surface area contributed by atoms with Crippen LogP contribution < -0.4 is 10.6 Å². The van der Waals surface area contributed by atoms with Gasteiger partial charge in [0, 0.05) is 19.5 Å². The first-order valence-corrected chi connectivity index (χ1v) is 15.9. The van der Waals surface area contributed by atoms with Gasteiger partial charge in [-0.1, -0.05) is 103 Å². The Morgan fingerprint density at radius 2 is 1.35 bits per heavy atom. The molecule has 0 spiro atoms. The summed E-state index contributed by atoms with van der Waals surface area (Å²) >= 11 is 0. The lowest BCUT2D eigenvalue weighted by Gasteiger charge is -2.26. The predicted molar refractivity (Wildman–Crippen MR) is 183 cm³/mol. The molecule has 0 aromatic heterocycles. The number of amides is 3. The highest BCUT2D eigenvalue weighted by molar-refractivity contribution is 5.86. The van der Waals surface area contributed by atoms with E-state index in [0.29, 0.717) is 13.0 Å². The third-order valence-corrected chi connectivity index (χ3v) is 7.47. The van der Waals surface area contributed by atoms with Gasteiger partial charge >= 0.3 is 12.1 Å². The molecule has 0 saturated heterocycles. The highest BCUT2D eigenvalue weighted by Crippen LogP contribution is 2.16. The van der Waals surface area contributed by atoms with Crippen LogP contribution in [0.5, 0.6) is 0 Å². The predicted octanol–water partition coefficient (Wildman–Crippen LogP) is 4.73. The maximum Gasteiger partial charge on any atom is 0.408 e. The Morgan fingerprint density at radius 1 is 0.771 bits per heavy atom. The normalized spacial score (nSPS) is 12.4. The monoisotopic (exact) mass is 655 g/mol. The van der Waals surface area contributed by atoms with Gasteiger partial charge in [-0.25, -0.2) is 9.59 Å². The molecule has 3 aromatic carbocycles. The third kappa shape index (κ3) is 13.3. The second kappa shape index (κ2) is 20.8. The minimum absolute atomic E-state index is 0.0338. The van der Waals surface area contributed by atoms with E-state index in [9.17, 15) is 24.3 Å². The fraction of sp³-hybridized carbons (Fsp3) is 0.316. The molecular weight excluding hydrogens is 610 g/mol. The molecule has 254 valence electrons. The molecule has 0 aliphatic rings. The fourth-order valence-corrected chi connectivity index (χ4v) is 4.98.